The minimum atomic E-state index is -0.447. The first-order valence-electron chi connectivity index (χ1n) is 4.40. The van der Waals surface area contributed by atoms with Gasteiger partial charge in [0.2, 0.25) is 0 Å². The molecule has 1 aromatic carbocycles. The smallest absolute Gasteiger partial charge is 0.258 e. The number of benzene rings is 1. The van der Waals surface area contributed by atoms with E-state index in [0.717, 1.165) is 0 Å². The highest BCUT2D eigenvalue weighted by Crippen LogP contribution is 2.25. The molecule has 2 rings (SSSR count). The summed E-state index contributed by atoms with van der Waals surface area (Å²) in [7, 11) is 0. The van der Waals surface area contributed by atoms with E-state index in [0.29, 0.717) is 16.0 Å². The van der Waals surface area contributed by atoms with Gasteiger partial charge in [0, 0.05) is 10.5 Å². The van der Waals surface area contributed by atoms with Crippen LogP contribution in [0.4, 0.5) is 5.69 Å². The topological polar surface area (TPSA) is 73.8 Å². The normalized spacial score (nSPS) is 10.4. The Morgan fingerprint density at radius 2 is 2.25 bits per heavy atom. The van der Waals surface area contributed by atoms with Crippen LogP contribution in [-0.2, 0) is 0 Å². The van der Waals surface area contributed by atoms with Gasteiger partial charge in [-0.15, -0.1) is 0 Å². The minimum absolute atomic E-state index is 0.0146. The number of hydrogen-bond acceptors (Lipinski definition) is 4. The van der Waals surface area contributed by atoms with E-state index >= 15 is 0 Å². The SMILES string of the molecule is Cc1ncn(-c2ccc(Br)cc2[N+](=O)[O-])n1. The maximum atomic E-state index is 10.9. The Morgan fingerprint density at radius 3 is 2.81 bits per heavy atom. The molecular weight excluding hydrogens is 276 g/mol. The Morgan fingerprint density at radius 1 is 1.50 bits per heavy atom. The Balaban J connectivity index is 2.60. The number of nitro benzene ring substituents is 1. The fraction of sp³-hybridized carbons (Fsp3) is 0.111. The maximum Gasteiger partial charge on any atom is 0.296 e. The summed E-state index contributed by atoms with van der Waals surface area (Å²) < 4.78 is 2.04. The summed E-state index contributed by atoms with van der Waals surface area (Å²) in [6.07, 6.45) is 1.45. The van der Waals surface area contributed by atoms with Crippen molar-refractivity contribution in [1.82, 2.24) is 14.8 Å². The predicted octanol–water partition coefficient (Wildman–Crippen LogP) is 2.25. The molecule has 0 bridgehead atoms. The lowest BCUT2D eigenvalue weighted by Gasteiger charge is -2.02. The van der Waals surface area contributed by atoms with Crippen LogP contribution in [0.2, 0.25) is 0 Å². The number of halogens is 1. The summed E-state index contributed by atoms with van der Waals surface area (Å²) in [4.78, 5) is 14.4. The van der Waals surface area contributed by atoms with Gasteiger partial charge in [-0.05, 0) is 19.1 Å². The average Bonchev–Trinajstić information content (AvgIpc) is 2.64. The first kappa shape index (κ1) is 10.7. The predicted molar refractivity (Wildman–Crippen MR) is 60.5 cm³/mol. The highest BCUT2D eigenvalue weighted by atomic mass is 79.9. The third kappa shape index (κ3) is 1.94. The zero-order chi connectivity index (χ0) is 11.7. The third-order valence-corrected chi connectivity index (χ3v) is 2.48. The van der Waals surface area contributed by atoms with Gasteiger partial charge in [0.25, 0.3) is 5.69 Å². The Hall–Kier alpha value is -1.76. The van der Waals surface area contributed by atoms with Crippen LogP contribution in [0.3, 0.4) is 0 Å². The average molecular weight is 283 g/mol. The molecule has 16 heavy (non-hydrogen) atoms. The molecule has 0 fully saturated rings. The lowest BCUT2D eigenvalue weighted by atomic mass is 10.3. The second kappa shape index (κ2) is 4.01. The van der Waals surface area contributed by atoms with Gasteiger partial charge < -0.3 is 0 Å². The highest BCUT2D eigenvalue weighted by molar-refractivity contribution is 9.10. The molecule has 7 heteroatoms. The van der Waals surface area contributed by atoms with Crippen molar-refractivity contribution < 1.29 is 4.92 Å². The molecule has 0 saturated heterocycles. The molecule has 0 N–H and O–H groups in total. The summed E-state index contributed by atoms with van der Waals surface area (Å²) >= 11 is 3.19. The second-order valence-corrected chi connectivity index (χ2v) is 4.04. The van der Waals surface area contributed by atoms with E-state index in [9.17, 15) is 10.1 Å². The van der Waals surface area contributed by atoms with Gasteiger partial charge in [-0.2, -0.15) is 5.10 Å². The van der Waals surface area contributed by atoms with Crippen molar-refractivity contribution in [3.63, 3.8) is 0 Å². The van der Waals surface area contributed by atoms with Crippen LogP contribution in [-0.4, -0.2) is 19.7 Å². The molecule has 0 atom stereocenters. The number of rotatable bonds is 2. The molecule has 1 aromatic heterocycles. The van der Waals surface area contributed by atoms with Crippen molar-refractivity contribution in [3.05, 3.63) is 44.9 Å². The van der Waals surface area contributed by atoms with Crippen molar-refractivity contribution >= 4 is 21.6 Å². The summed E-state index contributed by atoms with van der Waals surface area (Å²) in [5.74, 6) is 0.567. The second-order valence-electron chi connectivity index (χ2n) is 3.13. The maximum absolute atomic E-state index is 10.9. The zero-order valence-electron chi connectivity index (χ0n) is 8.29. The van der Waals surface area contributed by atoms with E-state index in [2.05, 4.69) is 26.0 Å². The quantitative estimate of drug-likeness (QED) is 0.625. The minimum Gasteiger partial charge on any atom is -0.258 e. The number of nitro groups is 1. The fourth-order valence-electron chi connectivity index (χ4n) is 1.30. The van der Waals surface area contributed by atoms with Gasteiger partial charge in [0.05, 0.1) is 4.92 Å². The summed E-state index contributed by atoms with van der Waals surface area (Å²) in [5, 5.41) is 14.9. The van der Waals surface area contributed by atoms with Gasteiger partial charge in [-0.1, -0.05) is 15.9 Å². The van der Waals surface area contributed by atoms with Crippen LogP contribution in [0.15, 0.2) is 29.0 Å². The van der Waals surface area contributed by atoms with Crippen molar-refractivity contribution in [2.45, 2.75) is 6.92 Å². The summed E-state index contributed by atoms with van der Waals surface area (Å²) in [6, 6.07) is 4.78. The molecule has 0 aliphatic heterocycles. The Bertz CT molecular complexity index is 552. The molecule has 6 nitrogen and oxygen atoms in total. The lowest BCUT2D eigenvalue weighted by Crippen LogP contribution is -2.00. The summed E-state index contributed by atoms with van der Waals surface area (Å²) in [5.41, 5.74) is 0.382. The highest BCUT2D eigenvalue weighted by Gasteiger charge is 2.16. The van der Waals surface area contributed by atoms with Crippen molar-refractivity contribution in [1.29, 1.82) is 0 Å². The molecule has 0 spiro atoms. The van der Waals surface area contributed by atoms with Crippen LogP contribution in [0.1, 0.15) is 5.82 Å². The standard InChI is InChI=1S/C9H7BrN4O2/c1-6-11-5-13(12-6)8-3-2-7(10)4-9(8)14(15)16/h2-5H,1H3. The molecule has 2 aromatic rings. The van der Waals surface area contributed by atoms with Gasteiger partial charge in [-0.25, -0.2) is 9.67 Å². The van der Waals surface area contributed by atoms with E-state index in [-0.39, 0.29) is 5.69 Å². The third-order valence-electron chi connectivity index (χ3n) is 1.99. The van der Waals surface area contributed by atoms with Gasteiger partial charge in [0.15, 0.2) is 0 Å². The van der Waals surface area contributed by atoms with Crippen LogP contribution in [0.25, 0.3) is 5.69 Å². The van der Waals surface area contributed by atoms with E-state index in [4.69, 9.17) is 0 Å². The number of aromatic nitrogens is 3. The molecule has 0 unspecified atom stereocenters. The lowest BCUT2D eigenvalue weighted by molar-refractivity contribution is -0.384. The van der Waals surface area contributed by atoms with E-state index < -0.39 is 4.92 Å². The number of aryl methyl sites for hydroxylation is 1. The van der Waals surface area contributed by atoms with Gasteiger partial charge in [0.1, 0.15) is 17.8 Å². The fourth-order valence-corrected chi connectivity index (χ4v) is 1.65. The van der Waals surface area contributed by atoms with Crippen molar-refractivity contribution in [2.24, 2.45) is 0 Å². The van der Waals surface area contributed by atoms with Crippen LogP contribution >= 0.6 is 15.9 Å². The molecule has 1 heterocycles. The van der Waals surface area contributed by atoms with Gasteiger partial charge >= 0.3 is 0 Å². The molecule has 0 aliphatic carbocycles. The molecule has 0 aliphatic rings. The first-order valence-corrected chi connectivity index (χ1v) is 5.20. The molecule has 82 valence electrons. The number of nitrogens with zero attached hydrogens (tertiary/aromatic N) is 4. The molecule has 0 radical (unpaired) electrons. The van der Waals surface area contributed by atoms with E-state index in [1.54, 1.807) is 19.1 Å². The van der Waals surface area contributed by atoms with E-state index in [1.807, 2.05) is 0 Å². The van der Waals surface area contributed by atoms with E-state index in [1.165, 1.54) is 17.1 Å². The molecular formula is C9H7BrN4O2. The van der Waals surface area contributed by atoms with Crippen LogP contribution in [0.5, 0.6) is 0 Å². The van der Waals surface area contributed by atoms with Crippen molar-refractivity contribution in [3.8, 4) is 5.69 Å². The largest absolute Gasteiger partial charge is 0.296 e. The van der Waals surface area contributed by atoms with Gasteiger partial charge in [-0.3, -0.25) is 10.1 Å². The van der Waals surface area contributed by atoms with Crippen molar-refractivity contribution in [2.75, 3.05) is 0 Å². The summed E-state index contributed by atoms with van der Waals surface area (Å²) in [6.45, 7) is 1.72. The Kier molecular flexibility index (Phi) is 2.69. The monoisotopic (exact) mass is 282 g/mol. The Labute approximate surface area is 99.2 Å². The first-order chi connectivity index (χ1) is 7.58. The molecule has 0 amide bonds. The van der Waals surface area contributed by atoms with Crippen LogP contribution in [0, 0.1) is 17.0 Å². The zero-order valence-corrected chi connectivity index (χ0v) is 9.88. The number of hydrogen-bond donors (Lipinski definition) is 0. The van der Waals surface area contributed by atoms with Crippen LogP contribution < -0.4 is 0 Å². The molecule has 0 saturated carbocycles.